The second-order valence-corrected chi connectivity index (χ2v) is 10.4. The van der Waals surface area contributed by atoms with Gasteiger partial charge in [-0.15, -0.1) is 0 Å². The number of para-hydroxylation sites is 1. The zero-order valence-electron chi connectivity index (χ0n) is 20.7. The number of fused-ring (bicyclic) bond motifs is 1. The molecule has 0 bridgehead atoms. The van der Waals surface area contributed by atoms with Gasteiger partial charge in [0.2, 0.25) is 0 Å². The number of nitrogens with two attached hydrogens (primary N) is 1. The Morgan fingerprint density at radius 1 is 0.943 bits per heavy atom. The van der Waals surface area contributed by atoms with Crippen molar-refractivity contribution in [3.63, 3.8) is 0 Å². The van der Waals surface area contributed by atoms with Crippen LogP contribution in [0.15, 0.2) is 85.1 Å². The van der Waals surface area contributed by atoms with Crippen LogP contribution in [0.25, 0.3) is 10.9 Å². The molecule has 1 atom stereocenters. The van der Waals surface area contributed by atoms with Gasteiger partial charge in [-0.2, -0.15) is 0 Å². The van der Waals surface area contributed by atoms with Crippen molar-refractivity contribution in [2.75, 3.05) is 0 Å². The lowest BCUT2D eigenvalue weighted by atomic mass is 9.80. The first-order valence-corrected chi connectivity index (χ1v) is 13.0. The predicted molar refractivity (Wildman–Crippen MR) is 145 cm³/mol. The summed E-state index contributed by atoms with van der Waals surface area (Å²) >= 11 is 0. The highest BCUT2D eigenvalue weighted by Crippen LogP contribution is 2.37. The van der Waals surface area contributed by atoms with Gasteiger partial charge in [0, 0.05) is 48.4 Å². The van der Waals surface area contributed by atoms with Crippen molar-refractivity contribution in [2.24, 2.45) is 11.7 Å². The molecular formula is C32H36N2O. The van der Waals surface area contributed by atoms with Crippen molar-refractivity contribution in [2.45, 2.75) is 64.0 Å². The van der Waals surface area contributed by atoms with Crippen molar-refractivity contribution in [3.8, 4) is 0 Å². The first-order valence-electron chi connectivity index (χ1n) is 13.0. The highest BCUT2D eigenvalue weighted by molar-refractivity contribution is 5.87. The molecule has 5 rings (SSSR count). The minimum atomic E-state index is 0.0511. The smallest absolute Gasteiger partial charge is 0.134 e. The van der Waals surface area contributed by atoms with Gasteiger partial charge in [0.15, 0.2) is 0 Å². The van der Waals surface area contributed by atoms with Crippen LogP contribution in [0.1, 0.15) is 66.7 Å². The third kappa shape index (κ3) is 5.57. The number of carbonyl (C=O) groups excluding carboxylic acids is 1. The van der Waals surface area contributed by atoms with Gasteiger partial charge in [-0.1, -0.05) is 78.4 Å². The summed E-state index contributed by atoms with van der Waals surface area (Å²) in [7, 11) is 0. The van der Waals surface area contributed by atoms with Crippen molar-refractivity contribution in [1.29, 1.82) is 0 Å². The van der Waals surface area contributed by atoms with Crippen LogP contribution in [0.3, 0.4) is 0 Å². The summed E-state index contributed by atoms with van der Waals surface area (Å²) in [6.07, 6.45) is 7.77. The molecule has 4 aromatic rings. The van der Waals surface area contributed by atoms with Crippen LogP contribution in [0.4, 0.5) is 0 Å². The normalized spacial score (nSPS) is 19.0. The summed E-state index contributed by atoms with van der Waals surface area (Å²) in [5.74, 6) is 0.909. The molecule has 3 heteroatoms. The second-order valence-electron chi connectivity index (χ2n) is 10.4. The Morgan fingerprint density at radius 2 is 1.69 bits per heavy atom. The number of ketones is 1. The number of Topliss-reactive ketones (excluding diaryl/α,β-unsaturated/α-hetero) is 1. The Morgan fingerprint density at radius 3 is 2.46 bits per heavy atom. The summed E-state index contributed by atoms with van der Waals surface area (Å²) in [4.78, 5) is 13.4. The quantitative estimate of drug-likeness (QED) is 0.305. The molecule has 1 aromatic heterocycles. The van der Waals surface area contributed by atoms with E-state index in [1.165, 1.54) is 33.2 Å². The van der Waals surface area contributed by atoms with E-state index in [4.69, 9.17) is 5.73 Å². The van der Waals surface area contributed by atoms with Gasteiger partial charge in [-0.3, -0.25) is 4.79 Å². The van der Waals surface area contributed by atoms with E-state index >= 15 is 0 Å². The molecular weight excluding hydrogens is 428 g/mol. The van der Waals surface area contributed by atoms with Gasteiger partial charge >= 0.3 is 0 Å². The fourth-order valence-electron chi connectivity index (χ4n) is 5.78. The fraction of sp³-hybridized carbons (Fsp3) is 0.344. The van der Waals surface area contributed by atoms with Crippen molar-refractivity contribution in [3.05, 3.63) is 107 Å². The van der Waals surface area contributed by atoms with Gasteiger partial charge in [-0.25, -0.2) is 0 Å². The van der Waals surface area contributed by atoms with Crippen molar-refractivity contribution < 1.29 is 4.79 Å². The van der Waals surface area contributed by atoms with Gasteiger partial charge in [0.1, 0.15) is 5.78 Å². The van der Waals surface area contributed by atoms with Gasteiger partial charge in [0.05, 0.1) is 0 Å². The molecule has 3 aromatic carbocycles. The fourth-order valence-corrected chi connectivity index (χ4v) is 5.78. The van der Waals surface area contributed by atoms with Crippen LogP contribution < -0.4 is 5.73 Å². The molecule has 0 aliphatic heterocycles. The van der Waals surface area contributed by atoms with E-state index < -0.39 is 0 Å². The Hall–Kier alpha value is -3.17. The largest absolute Gasteiger partial charge is 0.343 e. The molecule has 0 radical (unpaired) electrons. The van der Waals surface area contributed by atoms with E-state index in [1.54, 1.807) is 0 Å². The molecule has 1 heterocycles. The van der Waals surface area contributed by atoms with E-state index in [2.05, 4.69) is 96.6 Å². The average Bonchev–Trinajstić information content (AvgIpc) is 3.23. The van der Waals surface area contributed by atoms with Crippen LogP contribution >= 0.6 is 0 Å². The molecule has 35 heavy (non-hydrogen) atoms. The molecule has 2 N–H and O–H groups in total. The summed E-state index contributed by atoms with van der Waals surface area (Å²) in [5, 5.41) is 1.24. The second kappa shape index (κ2) is 10.6. The number of aryl methyl sites for hydroxylation is 1. The minimum Gasteiger partial charge on any atom is -0.343 e. The number of hydrogen-bond donors (Lipinski definition) is 1. The number of hydrogen-bond acceptors (Lipinski definition) is 2. The SMILES string of the molecule is Cc1cccc(C(CC(=O)CC2CCC(N)CC2)c2cn(Cc3ccccc3)c3ccccc23)c1. The van der Waals surface area contributed by atoms with Crippen LogP contribution in [-0.2, 0) is 11.3 Å². The van der Waals surface area contributed by atoms with Gasteiger partial charge in [-0.05, 0) is 61.3 Å². The first-order chi connectivity index (χ1) is 17.1. The Balaban J connectivity index is 1.49. The maximum Gasteiger partial charge on any atom is 0.134 e. The Kier molecular flexibility index (Phi) is 7.15. The van der Waals surface area contributed by atoms with Crippen LogP contribution in [0, 0.1) is 12.8 Å². The minimum absolute atomic E-state index is 0.0511. The number of rotatable bonds is 8. The highest BCUT2D eigenvalue weighted by Gasteiger charge is 2.26. The molecule has 180 valence electrons. The van der Waals surface area contributed by atoms with E-state index in [0.717, 1.165) is 32.2 Å². The van der Waals surface area contributed by atoms with E-state index in [-0.39, 0.29) is 5.92 Å². The lowest BCUT2D eigenvalue weighted by Gasteiger charge is -2.26. The maximum atomic E-state index is 13.4. The van der Waals surface area contributed by atoms with E-state index in [1.807, 2.05) is 0 Å². The topological polar surface area (TPSA) is 48.0 Å². The maximum absolute atomic E-state index is 13.4. The van der Waals surface area contributed by atoms with E-state index in [0.29, 0.717) is 30.6 Å². The molecule has 1 aliphatic rings. The Labute approximate surface area is 209 Å². The molecule has 1 fully saturated rings. The van der Waals surface area contributed by atoms with Crippen LogP contribution in [-0.4, -0.2) is 16.4 Å². The molecule has 0 spiro atoms. The molecule has 1 aliphatic carbocycles. The molecule has 0 amide bonds. The molecule has 3 nitrogen and oxygen atoms in total. The van der Waals surface area contributed by atoms with E-state index in [9.17, 15) is 4.79 Å². The molecule has 0 saturated heterocycles. The number of nitrogens with zero attached hydrogens (tertiary/aromatic N) is 1. The summed E-state index contributed by atoms with van der Waals surface area (Å²) in [6.45, 7) is 2.95. The van der Waals surface area contributed by atoms with Gasteiger partial charge < -0.3 is 10.3 Å². The predicted octanol–water partition coefficient (Wildman–Crippen LogP) is 7.00. The van der Waals surface area contributed by atoms with Gasteiger partial charge in [0.25, 0.3) is 0 Å². The monoisotopic (exact) mass is 464 g/mol. The third-order valence-electron chi connectivity index (χ3n) is 7.67. The highest BCUT2D eigenvalue weighted by atomic mass is 16.1. The summed E-state index contributed by atoms with van der Waals surface area (Å²) < 4.78 is 2.34. The first kappa shape index (κ1) is 23.6. The summed E-state index contributed by atoms with van der Waals surface area (Å²) in [5.41, 5.74) is 12.3. The number of carbonyl (C=O) groups is 1. The van der Waals surface area contributed by atoms with Crippen molar-refractivity contribution in [1.82, 2.24) is 4.57 Å². The zero-order valence-corrected chi connectivity index (χ0v) is 20.7. The summed E-state index contributed by atoms with van der Waals surface area (Å²) in [6, 6.07) is 28.2. The van der Waals surface area contributed by atoms with Crippen molar-refractivity contribution >= 4 is 16.7 Å². The number of benzene rings is 3. The average molecular weight is 465 g/mol. The molecule has 1 unspecified atom stereocenters. The lowest BCUT2D eigenvalue weighted by molar-refractivity contribution is -0.120. The third-order valence-corrected chi connectivity index (χ3v) is 7.67. The number of aromatic nitrogens is 1. The van der Waals surface area contributed by atoms with Crippen LogP contribution in [0.2, 0.25) is 0 Å². The molecule has 1 saturated carbocycles. The lowest BCUT2D eigenvalue weighted by Crippen LogP contribution is -2.27. The Bertz CT molecular complexity index is 1280. The zero-order chi connectivity index (χ0) is 24.2. The standard InChI is InChI=1S/C32H36N2O/c1-23-8-7-11-26(18-23)30(20-28(35)19-24-14-16-27(33)17-15-24)31-22-34(21-25-9-3-2-4-10-25)32-13-6-5-12-29(31)32/h2-13,18,22,24,27,30H,14-17,19-21,33H2,1H3. The van der Waals surface area contributed by atoms with Crippen LogP contribution in [0.5, 0.6) is 0 Å².